The van der Waals surface area contributed by atoms with Crippen LogP contribution in [0.15, 0.2) is 41.1 Å². The Balaban J connectivity index is 1.53. The SMILES string of the molecule is O=C(Nc1ccc([N+](=O)[O-])cc1)C1CCN(C(=O)c2ccsc2)CC1. The lowest BCUT2D eigenvalue weighted by molar-refractivity contribution is -0.384. The first-order valence-electron chi connectivity index (χ1n) is 7.91. The molecule has 1 saturated heterocycles. The first-order chi connectivity index (χ1) is 12.0. The van der Waals surface area contributed by atoms with Crippen molar-refractivity contribution >= 4 is 34.5 Å². The number of hydrogen-bond acceptors (Lipinski definition) is 5. The molecule has 8 heteroatoms. The summed E-state index contributed by atoms with van der Waals surface area (Å²) in [7, 11) is 0. The van der Waals surface area contributed by atoms with E-state index in [-0.39, 0.29) is 23.4 Å². The molecule has 1 aromatic carbocycles. The van der Waals surface area contributed by atoms with Crippen molar-refractivity contribution in [3.05, 3.63) is 56.8 Å². The lowest BCUT2D eigenvalue weighted by Crippen LogP contribution is -2.41. The van der Waals surface area contributed by atoms with Crippen LogP contribution in [0.2, 0.25) is 0 Å². The first-order valence-corrected chi connectivity index (χ1v) is 8.85. The number of nitrogens with zero attached hydrogens (tertiary/aromatic N) is 2. The third-order valence-electron chi connectivity index (χ3n) is 4.27. The Morgan fingerprint density at radius 1 is 1.16 bits per heavy atom. The van der Waals surface area contributed by atoms with Crippen molar-refractivity contribution in [1.29, 1.82) is 0 Å². The van der Waals surface area contributed by atoms with E-state index in [1.165, 1.54) is 35.6 Å². The van der Waals surface area contributed by atoms with E-state index in [2.05, 4.69) is 5.32 Å². The quantitative estimate of drug-likeness (QED) is 0.670. The summed E-state index contributed by atoms with van der Waals surface area (Å²) in [6.07, 6.45) is 1.21. The smallest absolute Gasteiger partial charge is 0.269 e. The molecule has 0 unspecified atom stereocenters. The molecule has 0 radical (unpaired) electrons. The highest BCUT2D eigenvalue weighted by Gasteiger charge is 2.28. The van der Waals surface area contributed by atoms with E-state index in [0.29, 0.717) is 37.2 Å². The van der Waals surface area contributed by atoms with Gasteiger partial charge in [0.2, 0.25) is 5.91 Å². The Bertz CT molecular complexity index is 766. The summed E-state index contributed by atoms with van der Waals surface area (Å²) in [5.74, 6) is -0.270. The van der Waals surface area contributed by atoms with Gasteiger partial charge in [-0.3, -0.25) is 19.7 Å². The number of non-ortho nitro benzene ring substituents is 1. The minimum atomic E-state index is -0.480. The summed E-state index contributed by atoms with van der Waals surface area (Å²) in [5.41, 5.74) is 1.21. The summed E-state index contributed by atoms with van der Waals surface area (Å²) in [5, 5.41) is 17.1. The minimum Gasteiger partial charge on any atom is -0.339 e. The van der Waals surface area contributed by atoms with Crippen LogP contribution in [0.5, 0.6) is 0 Å². The summed E-state index contributed by atoms with van der Waals surface area (Å²) in [6.45, 7) is 1.10. The second-order valence-electron chi connectivity index (χ2n) is 5.87. The Morgan fingerprint density at radius 2 is 1.84 bits per heavy atom. The molecule has 3 rings (SSSR count). The van der Waals surface area contributed by atoms with Crippen LogP contribution in [0, 0.1) is 16.0 Å². The van der Waals surface area contributed by atoms with Gasteiger partial charge in [-0.05, 0) is 36.4 Å². The van der Waals surface area contributed by atoms with Gasteiger partial charge in [0.1, 0.15) is 0 Å². The van der Waals surface area contributed by atoms with Crippen molar-refractivity contribution in [2.45, 2.75) is 12.8 Å². The van der Waals surface area contributed by atoms with Gasteiger partial charge in [-0.15, -0.1) is 0 Å². The highest BCUT2D eigenvalue weighted by Crippen LogP contribution is 2.22. The second-order valence-corrected chi connectivity index (χ2v) is 6.65. The fourth-order valence-electron chi connectivity index (χ4n) is 2.82. The van der Waals surface area contributed by atoms with Gasteiger partial charge in [-0.2, -0.15) is 11.3 Å². The molecule has 0 atom stereocenters. The molecule has 1 aliphatic heterocycles. The summed E-state index contributed by atoms with van der Waals surface area (Å²) < 4.78 is 0. The van der Waals surface area contributed by atoms with Crippen molar-refractivity contribution < 1.29 is 14.5 Å². The van der Waals surface area contributed by atoms with E-state index in [4.69, 9.17) is 0 Å². The molecule has 1 aromatic heterocycles. The number of carbonyl (C=O) groups is 2. The number of nitro benzene ring substituents is 1. The maximum Gasteiger partial charge on any atom is 0.269 e. The fraction of sp³-hybridized carbons (Fsp3) is 0.294. The van der Waals surface area contributed by atoms with Crippen LogP contribution >= 0.6 is 11.3 Å². The Labute approximate surface area is 148 Å². The third kappa shape index (κ3) is 4.03. The monoisotopic (exact) mass is 359 g/mol. The van der Waals surface area contributed by atoms with Crippen LogP contribution in [-0.4, -0.2) is 34.7 Å². The summed E-state index contributed by atoms with van der Waals surface area (Å²) in [4.78, 5) is 36.6. The normalized spacial score (nSPS) is 15.0. The molecule has 130 valence electrons. The van der Waals surface area contributed by atoms with E-state index < -0.39 is 4.92 Å². The Morgan fingerprint density at radius 3 is 2.40 bits per heavy atom. The fourth-order valence-corrected chi connectivity index (χ4v) is 3.45. The van der Waals surface area contributed by atoms with E-state index in [0.717, 1.165) is 0 Å². The Kier molecular flexibility index (Phi) is 5.08. The molecule has 1 N–H and O–H groups in total. The molecular weight excluding hydrogens is 342 g/mol. The maximum atomic E-state index is 12.3. The molecular formula is C17H17N3O4S. The predicted octanol–water partition coefficient (Wildman–Crippen LogP) is 3.15. The van der Waals surface area contributed by atoms with Crippen LogP contribution in [0.3, 0.4) is 0 Å². The van der Waals surface area contributed by atoms with Crippen LogP contribution in [0.1, 0.15) is 23.2 Å². The molecule has 0 spiro atoms. The molecule has 0 saturated carbocycles. The maximum absolute atomic E-state index is 12.3. The zero-order valence-corrected chi connectivity index (χ0v) is 14.2. The van der Waals surface area contributed by atoms with Crippen molar-refractivity contribution in [1.82, 2.24) is 4.90 Å². The molecule has 2 heterocycles. The zero-order valence-electron chi connectivity index (χ0n) is 13.4. The minimum absolute atomic E-state index is 0.00970. The number of anilines is 1. The van der Waals surface area contributed by atoms with Gasteiger partial charge in [-0.25, -0.2) is 0 Å². The van der Waals surface area contributed by atoms with Crippen molar-refractivity contribution in [3.63, 3.8) is 0 Å². The summed E-state index contributed by atoms with van der Waals surface area (Å²) in [6, 6.07) is 7.56. The molecule has 25 heavy (non-hydrogen) atoms. The van der Waals surface area contributed by atoms with E-state index in [1.54, 1.807) is 11.0 Å². The number of likely N-dealkylation sites (tertiary alicyclic amines) is 1. The van der Waals surface area contributed by atoms with Gasteiger partial charge in [-0.1, -0.05) is 0 Å². The number of amides is 2. The molecule has 2 aromatic rings. The van der Waals surface area contributed by atoms with E-state index >= 15 is 0 Å². The lowest BCUT2D eigenvalue weighted by atomic mass is 9.95. The number of carbonyl (C=O) groups excluding carboxylic acids is 2. The van der Waals surface area contributed by atoms with E-state index in [1.807, 2.05) is 10.8 Å². The largest absolute Gasteiger partial charge is 0.339 e. The number of nitro groups is 1. The van der Waals surface area contributed by atoms with Gasteiger partial charge in [0, 0.05) is 42.2 Å². The van der Waals surface area contributed by atoms with Gasteiger partial charge >= 0.3 is 0 Å². The Hall–Kier alpha value is -2.74. The van der Waals surface area contributed by atoms with Crippen LogP contribution in [0.4, 0.5) is 11.4 Å². The number of thiophene rings is 1. The summed E-state index contributed by atoms with van der Waals surface area (Å²) >= 11 is 1.49. The number of hydrogen-bond donors (Lipinski definition) is 1. The predicted molar refractivity (Wildman–Crippen MR) is 94.7 cm³/mol. The van der Waals surface area contributed by atoms with Gasteiger partial charge in [0.15, 0.2) is 0 Å². The van der Waals surface area contributed by atoms with Gasteiger partial charge in [0.25, 0.3) is 11.6 Å². The molecule has 1 aliphatic rings. The lowest BCUT2D eigenvalue weighted by Gasteiger charge is -2.31. The van der Waals surface area contributed by atoms with Gasteiger partial charge in [0.05, 0.1) is 10.5 Å². The number of benzene rings is 1. The number of piperidine rings is 1. The average molecular weight is 359 g/mol. The molecule has 1 fully saturated rings. The van der Waals surface area contributed by atoms with Crippen LogP contribution in [-0.2, 0) is 4.79 Å². The van der Waals surface area contributed by atoms with Crippen molar-refractivity contribution in [3.8, 4) is 0 Å². The van der Waals surface area contributed by atoms with Crippen molar-refractivity contribution in [2.24, 2.45) is 5.92 Å². The van der Waals surface area contributed by atoms with Gasteiger partial charge < -0.3 is 10.2 Å². The molecule has 2 amide bonds. The van der Waals surface area contributed by atoms with Crippen LogP contribution in [0.25, 0.3) is 0 Å². The van der Waals surface area contributed by atoms with E-state index in [9.17, 15) is 19.7 Å². The zero-order chi connectivity index (χ0) is 17.8. The molecule has 7 nitrogen and oxygen atoms in total. The number of nitrogens with one attached hydrogen (secondary N) is 1. The topological polar surface area (TPSA) is 92.5 Å². The highest BCUT2D eigenvalue weighted by atomic mass is 32.1. The standard InChI is InChI=1S/C17H17N3O4S/c21-16(18-14-1-3-15(4-2-14)20(23)24)12-5-8-19(9-6-12)17(22)13-7-10-25-11-13/h1-4,7,10-12H,5-6,8-9H2,(H,18,21). The number of rotatable bonds is 4. The average Bonchev–Trinajstić information content (AvgIpc) is 3.16. The van der Waals surface area contributed by atoms with Crippen molar-refractivity contribution in [2.75, 3.05) is 18.4 Å². The van der Waals surface area contributed by atoms with Crippen LogP contribution < -0.4 is 5.32 Å². The third-order valence-corrected chi connectivity index (χ3v) is 4.95. The highest BCUT2D eigenvalue weighted by molar-refractivity contribution is 7.08. The first kappa shape index (κ1) is 17.1. The second kappa shape index (κ2) is 7.43. The molecule has 0 aliphatic carbocycles. The molecule has 0 bridgehead atoms.